The number of carbonyl (C=O) groups excluding carboxylic acids is 4. The molecule has 0 aliphatic heterocycles. The van der Waals surface area contributed by atoms with Crippen LogP contribution in [0.5, 0.6) is 0 Å². The Hall–Kier alpha value is -2.83. The van der Waals surface area contributed by atoms with Gasteiger partial charge in [0.15, 0.2) is 6.61 Å². The van der Waals surface area contributed by atoms with Gasteiger partial charge in [0.1, 0.15) is 12.1 Å². The van der Waals surface area contributed by atoms with Crippen LogP contribution in [0.1, 0.15) is 42.5 Å². The average Bonchev–Trinajstić information content (AvgIpc) is 2.79. The predicted octanol–water partition coefficient (Wildman–Crippen LogP) is 2.07. The number of amides is 3. The summed E-state index contributed by atoms with van der Waals surface area (Å²) < 4.78 is 4.91. The van der Waals surface area contributed by atoms with Crippen LogP contribution in [0.15, 0.2) is 18.2 Å². The van der Waals surface area contributed by atoms with Crippen molar-refractivity contribution in [2.75, 3.05) is 26.7 Å². The van der Waals surface area contributed by atoms with Crippen LogP contribution in [-0.4, -0.2) is 60.9 Å². The van der Waals surface area contributed by atoms with E-state index < -0.39 is 48.9 Å². The first kappa shape index (κ1) is 25.4. The lowest BCUT2D eigenvalue weighted by Gasteiger charge is -2.38. The zero-order valence-electron chi connectivity index (χ0n) is 17.6. The van der Waals surface area contributed by atoms with Crippen molar-refractivity contribution in [1.82, 2.24) is 15.5 Å². The van der Waals surface area contributed by atoms with Crippen LogP contribution in [-0.2, 0) is 19.1 Å². The van der Waals surface area contributed by atoms with Gasteiger partial charge in [-0.1, -0.05) is 42.5 Å². The van der Waals surface area contributed by atoms with Gasteiger partial charge in [-0.05, 0) is 31.0 Å². The topological polar surface area (TPSA) is 129 Å². The number of carbonyl (C=O) groups is 4. The lowest BCUT2D eigenvalue weighted by molar-refractivity contribution is -0.153. The Morgan fingerprint density at radius 2 is 1.81 bits per heavy atom. The molecule has 1 aliphatic carbocycles. The van der Waals surface area contributed by atoms with E-state index in [1.165, 1.54) is 30.1 Å². The zero-order chi connectivity index (χ0) is 23.7. The molecule has 0 aromatic heterocycles. The minimum absolute atomic E-state index is 0.139. The molecule has 172 valence electrons. The van der Waals surface area contributed by atoms with E-state index in [2.05, 4.69) is 16.7 Å². The van der Waals surface area contributed by atoms with E-state index in [0.29, 0.717) is 17.9 Å². The summed E-state index contributed by atoms with van der Waals surface area (Å²) in [5, 5.41) is 14.7. The second-order valence-corrected chi connectivity index (χ2v) is 8.24. The van der Waals surface area contributed by atoms with Crippen molar-refractivity contribution in [2.45, 2.75) is 37.6 Å². The first-order valence-corrected chi connectivity index (χ1v) is 10.8. The lowest BCUT2D eigenvalue weighted by atomic mass is 9.81. The van der Waals surface area contributed by atoms with Gasteiger partial charge >= 0.3 is 5.97 Å². The number of rotatable bonds is 8. The Kier molecular flexibility index (Phi) is 9.29. The molecule has 0 radical (unpaired) electrons. The number of halogens is 2. The highest BCUT2D eigenvalue weighted by atomic mass is 35.5. The Labute approximate surface area is 196 Å². The quantitative estimate of drug-likeness (QED) is 0.545. The molecule has 9 nitrogen and oxygen atoms in total. The number of likely N-dealkylation sites (N-methyl/N-ethyl adjacent to an activating group) is 1. The third-order valence-electron chi connectivity index (χ3n) is 5.28. The molecule has 0 saturated heterocycles. The summed E-state index contributed by atoms with van der Waals surface area (Å²) in [6, 6.07) is 6.54. The van der Waals surface area contributed by atoms with E-state index >= 15 is 0 Å². The highest BCUT2D eigenvalue weighted by molar-refractivity contribution is 6.36. The maximum atomic E-state index is 12.4. The van der Waals surface area contributed by atoms with Gasteiger partial charge in [-0.3, -0.25) is 19.2 Å². The van der Waals surface area contributed by atoms with Crippen molar-refractivity contribution >= 4 is 46.9 Å². The smallest absolute Gasteiger partial charge is 0.325 e. The molecule has 0 spiro atoms. The first-order valence-electron chi connectivity index (χ1n) is 10.0. The fourth-order valence-corrected chi connectivity index (χ4v) is 3.84. The predicted molar refractivity (Wildman–Crippen MR) is 117 cm³/mol. The Balaban J connectivity index is 1.72. The number of nitrogens with one attached hydrogen (secondary N) is 2. The fourth-order valence-electron chi connectivity index (χ4n) is 3.35. The third kappa shape index (κ3) is 6.84. The molecule has 0 unspecified atom stereocenters. The summed E-state index contributed by atoms with van der Waals surface area (Å²) in [5.74, 6) is -2.51. The Morgan fingerprint density at radius 1 is 1.12 bits per heavy atom. The summed E-state index contributed by atoms with van der Waals surface area (Å²) in [6.45, 7) is -1.39. The van der Waals surface area contributed by atoms with Gasteiger partial charge in [-0.2, -0.15) is 5.26 Å². The van der Waals surface area contributed by atoms with E-state index in [-0.39, 0.29) is 10.6 Å². The van der Waals surface area contributed by atoms with Crippen LogP contribution in [0, 0.1) is 11.3 Å². The molecule has 2 rings (SSSR count). The minimum atomic E-state index is -0.874. The van der Waals surface area contributed by atoms with Gasteiger partial charge in [0, 0.05) is 12.1 Å². The summed E-state index contributed by atoms with van der Waals surface area (Å²) in [5.41, 5.74) is -0.722. The second-order valence-electron chi connectivity index (χ2n) is 7.40. The molecule has 32 heavy (non-hydrogen) atoms. The molecule has 1 aromatic carbocycles. The molecule has 0 atom stereocenters. The van der Waals surface area contributed by atoms with Gasteiger partial charge in [-0.25, -0.2) is 0 Å². The molecule has 3 amide bonds. The van der Waals surface area contributed by atoms with Crippen molar-refractivity contribution < 1.29 is 23.9 Å². The zero-order valence-corrected chi connectivity index (χ0v) is 19.1. The standard InChI is InChI=1S/C21H24Cl2N4O5/c1-27(21(13-24)7-3-2-4-8-21)18(29)12-32-19(30)11-25-17(28)10-26-20(31)15-6-5-14(22)9-16(15)23/h5-6,9H,2-4,7-8,10-12H2,1H3,(H,25,28)(H,26,31). The van der Waals surface area contributed by atoms with Gasteiger partial charge in [0.05, 0.1) is 23.2 Å². The number of esters is 1. The van der Waals surface area contributed by atoms with Crippen LogP contribution in [0.2, 0.25) is 10.0 Å². The molecule has 11 heteroatoms. The number of hydrogen-bond donors (Lipinski definition) is 2. The van der Waals surface area contributed by atoms with E-state index in [1.807, 2.05) is 0 Å². The number of nitriles is 1. The van der Waals surface area contributed by atoms with Crippen LogP contribution in [0.3, 0.4) is 0 Å². The SMILES string of the molecule is CN(C(=O)COC(=O)CNC(=O)CNC(=O)c1ccc(Cl)cc1Cl)C1(C#N)CCCCC1. The molecule has 1 saturated carbocycles. The summed E-state index contributed by atoms with van der Waals surface area (Å²) >= 11 is 11.7. The number of hydrogen-bond acceptors (Lipinski definition) is 6. The highest BCUT2D eigenvalue weighted by Crippen LogP contribution is 2.32. The highest BCUT2D eigenvalue weighted by Gasteiger charge is 2.39. The monoisotopic (exact) mass is 482 g/mol. The molecule has 1 aromatic rings. The fraction of sp³-hybridized carbons (Fsp3) is 0.476. The minimum Gasteiger partial charge on any atom is -0.454 e. The Morgan fingerprint density at radius 3 is 2.44 bits per heavy atom. The van der Waals surface area contributed by atoms with Crippen LogP contribution in [0.4, 0.5) is 0 Å². The van der Waals surface area contributed by atoms with E-state index in [0.717, 1.165) is 19.3 Å². The first-order chi connectivity index (χ1) is 15.2. The second kappa shape index (κ2) is 11.7. The number of nitrogens with zero attached hydrogens (tertiary/aromatic N) is 2. The molecule has 0 bridgehead atoms. The molecule has 1 fully saturated rings. The normalized spacial score (nSPS) is 14.6. The molecule has 0 heterocycles. The third-order valence-corrected chi connectivity index (χ3v) is 5.82. The number of ether oxygens (including phenoxy) is 1. The van der Waals surface area contributed by atoms with E-state index in [1.54, 1.807) is 0 Å². The Bertz CT molecular complexity index is 925. The summed E-state index contributed by atoms with van der Waals surface area (Å²) in [7, 11) is 1.53. The molecule has 2 N–H and O–H groups in total. The summed E-state index contributed by atoms with van der Waals surface area (Å²) in [6.07, 6.45) is 3.91. The van der Waals surface area contributed by atoms with Crippen LogP contribution >= 0.6 is 23.2 Å². The summed E-state index contributed by atoms with van der Waals surface area (Å²) in [4.78, 5) is 49.5. The van der Waals surface area contributed by atoms with Gasteiger partial charge in [-0.15, -0.1) is 0 Å². The van der Waals surface area contributed by atoms with Crippen molar-refractivity contribution in [1.29, 1.82) is 5.26 Å². The van der Waals surface area contributed by atoms with Crippen LogP contribution in [0.25, 0.3) is 0 Å². The largest absolute Gasteiger partial charge is 0.454 e. The van der Waals surface area contributed by atoms with Crippen LogP contribution < -0.4 is 10.6 Å². The van der Waals surface area contributed by atoms with E-state index in [9.17, 15) is 24.4 Å². The maximum absolute atomic E-state index is 12.4. The van der Waals surface area contributed by atoms with Gasteiger partial charge < -0.3 is 20.3 Å². The lowest BCUT2D eigenvalue weighted by Crippen LogP contribution is -2.51. The maximum Gasteiger partial charge on any atom is 0.325 e. The van der Waals surface area contributed by atoms with Crippen molar-refractivity contribution in [3.63, 3.8) is 0 Å². The van der Waals surface area contributed by atoms with Crippen molar-refractivity contribution in [2.24, 2.45) is 0 Å². The van der Waals surface area contributed by atoms with Gasteiger partial charge in [0.25, 0.3) is 11.8 Å². The molecular weight excluding hydrogens is 459 g/mol. The molecular formula is C21H24Cl2N4O5. The van der Waals surface area contributed by atoms with E-state index in [4.69, 9.17) is 27.9 Å². The average molecular weight is 483 g/mol. The van der Waals surface area contributed by atoms with Crippen molar-refractivity contribution in [3.8, 4) is 6.07 Å². The number of benzene rings is 1. The van der Waals surface area contributed by atoms with Crippen molar-refractivity contribution in [3.05, 3.63) is 33.8 Å². The molecule has 1 aliphatic rings. The van der Waals surface area contributed by atoms with Gasteiger partial charge in [0.2, 0.25) is 5.91 Å².